The summed E-state index contributed by atoms with van der Waals surface area (Å²) in [5, 5.41) is 10.9. The van der Waals surface area contributed by atoms with E-state index < -0.39 is 5.97 Å². The summed E-state index contributed by atoms with van der Waals surface area (Å²) in [6.07, 6.45) is -0.0830. The molecule has 0 saturated carbocycles. The Morgan fingerprint density at radius 3 is 2.85 bits per heavy atom. The lowest BCUT2D eigenvalue weighted by atomic mass is 10.1. The van der Waals surface area contributed by atoms with Crippen molar-refractivity contribution in [3.05, 3.63) is 34.9 Å². The largest absolute Gasteiger partial charge is 0.550 e. The summed E-state index contributed by atoms with van der Waals surface area (Å²) in [6.45, 7) is 0. The number of rotatable bonds is 3. The number of carbonyl (C=O) groups is 1. The molecule has 0 aliphatic rings. The van der Waals surface area contributed by atoms with Gasteiger partial charge in [-0.1, -0.05) is 23.7 Å². The maximum Gasteiger partial charge on any atom is 0.115 e. The molecule has 0 radical (unpaired) electrons. The van der Waals surface area contributed by atoms with Gasteiger partial charge in [-0.15, -0.1) is 0 Å². The van der Waals surface area contributed by atoms with Crippen molar-refractivity contribution in [2.75, 3.05) is 0 Å². The van der Waals surface area contributed by atoms with Gasteiger partial charge in [-0.25, -0.2) is 0 Å². The van der Waals surface area contributed by atoms with Gasteiger partial charge in [0, 0.05) is 23.0 Å². The summed E-state index contributed by atoms with van der Waals surface area (Å²) < 4.78 is 0. The number of hydrogen-bond acceptors (Lipinski definition) is 2. The van der Waals surface area contributed by atoms with E-state index in [0.717, 1.165) is 5.56 Å². The van der Waals surface area contributed by atoms with Crippen molar-refractivity contribution in [3.8, 4) is 0 Å². The van der Waals surface area contributed by atoms with Gasteiger partial charge in [-0.2, -0.15) is 0 Å². The maximum absolute atomic E-state index is 10.3. The molecule has 1 aromatic carbocycles. The van der Waals surface area contributed by atoms with Crippen LogP contribution in [-0.4, -0.2) is 5.97 Å². The van der Waals surface area contributed by atoms with E-state index in [2.05, 4.69) is 5.73 Å². The number of carboxylic acids is 1. The number of hydrogen-bond donors (Lipinski definition) is 1. The topological polar surface area (TPSA) is 67.8 Å². The molecule has 0 spiro atoms. The second-order valence-corrected chi connectivity index (χ2v) is 3.26. The number of halogens is 1. The molecule has 0 amide bonds. The SMILES string of the molecule is [NH3+][C@H](CC(=O)[O-])c1cccc(Cl)c1. The highest BCUT2D eigenvalue weighted by atomic mass is 35.5. The molecule has 3 nitrogen and oxygen atoms in total. The van der Waals surface area contributed by atoms with Gasteiger partial charge in [0.15, 0.2) is 0 Å². The lowest BCUT2D eigenvalue weighted by Gasteiger charge is -2.09. The molecule has 0 aliphatic carbocycles. The van der Waals surface area contributed by atoms with Crippen molar-refractivity contribution in [1.29, 1.82) is 0 Å². The molecule has 4 heteroatoms. The van der Waals surface area contributed by atoms with Crippen molar-refractivity contribution in [2.24, 2.45) is 0 Å². The first-order valence-corrected chi connectivity index (χ1v) is 4.26. The average Bonchev–Trinajstić information content (AvgIpc) is 2.03. The van der Waals surface area contributed by atoms with E-state index in [9.17, 15) is 9.90 Å². The van der Waals surface area contributed by atoms with Gasteiger partial charge in [0.1, 0.15) is 6.04 Å². The van der Waals surface area contributed by atoms with Gasteiger partial charge >= 0.3 is 0 Å². The molecule has 1 aromatic rings. The highest BCUT2D eigenvalue weighted by Crippen LogP contribution is 2.16. The third-order valence-corrected chi connectivity index (χ3v) is 1.97. The van der Waals surface area contributed by atoms with Gasteiger partial charge in [0.05, 0.1) is 0 Å². The van der Waals surface area contributed by atoms with E-state index in [1.54, 1.807) is 24.3 Å². The molecule has 1 atom stereocenters. The zero-order chi connectivity index (χ0) is 9.84. The van der Waals surface area contributed by atoms with Crippen LogP contribution in [0.1, 0.15) is 18.0 Å². The monoisotopic (exact) mass is 199 g/mol. The lowest BCUT2D eigenvalue weighted by Crippen LogP contribution is -2.55. The van der Waals surface area contributed by atoms with E-state index >= 15 is 0 Å². The lowest BCUT2D eigenvalue weighted by molar-refractivity contribution is -0.430. The van der Waals surface area contributed by atoms with Gasteiger partial charge in [0.2, 0.25) is 0 Å². The quantitative estimate of drug-likeness (QED) is 0.730. The number of aliphatic carboxylic acids is 1. The first-order valence-electron chi connectivity index (χ1n) is 3.88. The maximum atomic E-state index is 10.3. The van der Waals surface area contributed by atoms with Crippen LogP contribution >= 0.6 is 11.6 Å². The first kappa shape index (κ1) is 10.0. The Morgan fingerprint density at radius 1 is 1.62 bits per heavy atom. The van der Waals surface area contributed by atoms with Gasteiger partial charge in [0.25, 0.3) is 0 Å². The first-order chi connectivity index (χ1) is 6.09. The zero-order valence-corrected chi connectivity index (χ0v) is 7.75. The number of carbonyl (C=O) groups excluding carboxylic acids is 1. The van der Waals surface area contributed by atoms with E-state index in [1.165, 1.54) is 0 Å². The second-order valence-electron chi connectivity index (χ2n) is 2.83. The highest BCUT2D eigenvalue weighted by Gasteiger charge is 2.09. The molecule has 3 N–H and O–H groups in total. The smallest absolute Gasteiger partial charge is 0.115 e. The third kappa shape index (κ3) is 3.05. The van der Waals surface area contributed by atoms with Crippen LogP contribution in [0.2, 0.25) is 5.02 Å². The predicted octanol–water partition coefficient (Wildman–Crippen LogP) is -0.237. The molecular weight excluding hydrogens is 190 g/mol. The van der Waals surface area contributed by atoms with Crippen LogP contribution in [0.5, 0.6) is 0 Å². The molecule has 0 aromatic heterocycles. The van der Waals surface area contributed by atoms with Crippen LogP contribution in [-0.2, 0) is 4.79 Å². The molecule has 0 saturated heterocycles. The molecule has 0 heterocycles. The van der Waals surface area contributed by atoms with Crippen molar-refractivity contribution in [2.45, 2.75) is 12.5 Å². The summed E-state index contributed by atoms with van der Waals surface area (Å²) in [7, 11) is 0. The van der Waals surface area contributed by atoms with E-state index in [1.807, 2.05) is 0 Å². The molecule has 0 bridgehead atoms. The minimum atomic E-state index is -1.10. The zero-order valence-electron chi connectivity index (χ0n) is 7.00. The summed E-state index contributed by atoms with van der Waals surface area (Å²) in [5.41, 5.74) is 4.53. The van der Waals surface area contributed by atoms with Crippen LogP contribution in [0.25, 0.3) is 0 Å². The fourth-order valence-corrected chi connectivity index (χ4v) is 1.28. The van der Waals surface area contributed by atoms with Gasteiger partial charge < -0.3 is 15.6 Å². The molecular formula is C9H10ClNO2. The van der Waals surface area contributed by atoms with Crippen LogP contribution in [0.3, 0.4) is 0 Å². The molecule has 0 aliphatic heterocycles. The van der Waals surface area contributed by atoms with E-state index in [-0.39, 0.29) is 12.5 Å². The van der Waals surface area contributed by atoms with Crippen LogP contribution < -0.4 is 10.8 Å². The second kappa shape index (κ2) is 4.25. The van der Waals surface area contributed by atoms with Crippen LogP contribution in [0, 0.1) is 0 Å². The molecule has 0 unspecified atom stereocenters. The molecule has 1 rings (SSSR count). The number of quaternary nitrogens is 1. The van der Waals surface area contributed by atoms with Crippen molar-refractivity contribution in [1.82, 2.24) is 0 Å². The van der Waals surface area contributed by atoms with Crippen molar-refractivity contribution < 1.29 is 15.6 Å². The molecule has 0 fully saturated rings. The normalized spacial score (nSPS) is 12.5. The predicted molar refractivity (Wildman–Crippen MR) is 46.7 cm³/mol. The fraction of sp³-hybridized carbons (Fsp3) is 0.222. The van der Waals surface area contributed by atoms with Crippen molar-refractivity contribution in [3.63, 3.8) is 0 Å². The van der Waals surface area contributed by atoms with E-state index in [0.29, 0.717) is 5.02 Å². The standard InChI is InChI=1S/C9H10ClNO2/c10-7-3-1-2-6(4-7)8(11)5-9(12)13/h1-4,8H,5,11H2,(H,12,13)/t8-/m1/s1. The average molecular weight is 200 g/mol. The Balaban J connectivity index is 2.76. The molecule has 70 valence electrons. The Labute approximate surface area is 81.1 Å². The van der Waals surface area contributed by atoms with Crippen LogP contribution in [0.15, 0.2) is 24.3 Å². The summed E-state index contributed by atoms with van der Waals surface area (Å²) in [4.78, 5) is 10.3. The van der Waals surface area contributed by atoms with Crippen molar-refractivity contribution >= 4 is 17.6 Å². The number of benzene rings is 1. The minimum absolute atomic E-state index is 0.0830. The Kier molecular flexibility index (Phi) is 3.28. The summed E-state index contributed by atoms with van der Waals surface area (Å²) in [6, 6.07) is 6.71. The Bertz CT molecular complexity index is 314. The highest BCUT2D eigenvalue weighted by molar-refractivity contribution is 6.30. The summed E-state index contributed by atoms with van der Waals surface area (Å²) >= 11 is 5.73. The minimum Gasteiger partial charge on any atom is -0.550 e. The Morgan fingerprint density at radius 2 is 2.31 bits per heavy atom. The third-order valence-electron chi connectivity index (χ3n) is 1.73. The van der Waals surface area contributed by atoms with Gasteiger partial charge in [-0.05, 0) is 12.1 Å². The Hall–Kier alpha value is -1.06. The van der Waals surface area contributed by atoms with E-state index in [4.69, 9.17) is 11.6 Å². The fourth-order valence-electron chi connectivity index (χ4n) is 1.08. The summed E-state index contributed by atoms with van der Waals surface area (Å²) in [5.74, 6) is -1.10. The van der Waals surface area contributed by atoms with Gasteiger partial charge in [-0.3, -0.25) is 0 Å². The number of carboxylic acid groups (broad SMARTS) is 1. The van der Waals surface area contributed by atoms with Crippen LogP contribution in [0.4, 0.5) is 0 Å². The molecule has 13 heavy (non-hydrogen) atoms.